The maximum absolute atomic E-state index is 12.3. The molecule has 2 aromatic carbocycles. The van der Waals surface area contributed by atoms with Gasteiger partial charge >= 0.3 is 0 Å². The van der Waals surface area contributed by atoms with E-state index in [9.17, 15) is 9.90 Å². The fourth-order valence-corrected chi connectivity index (χ4v) is 3.53. The molecular weight excluding hydrogens is 352 g/mol. The maximum atomic E-state index is 12.3. The SMILES string of the molecule is Cc1nc2c3ccccc3nn2c(C)c1CCC(=O)NCc1cccc(O)c1. The average Bonchev–Trinajstić information content (AvgIpc) is 3.05. The number of hydrogen-bond acceptors (Lipinski definition) is 4. The molecule has 0 aliphatic heterocycles. The van der Waals surface area contributed by atoms with Crippen molar-refractivity contribution < 1.29 is 9.90 Å². The monoisotopic (exact) mass is 374 g/mol. The Labute approximate surface area is 162 Å². The third-order valence-corrected chi connectivity index (χ3v) is 5.02. The molecule has 142 valence electrons. The van der Waals surface area contributed by atoms with Crippen molar-refractivity contribution in [3.8, 4) is 5.75 Å². The molecule has 0 saturated heterocycles. The van der Waals surface area contributed by atoms with Gasteiger partial charge in [0.2, 0.25) is 5.91 Å². The lowest BCUT2D eigenvalue weighted by atomic mass is 10.1. The van der Waals surface area contributed by atoms with Gasteiger partial charge in [0, 0.05) is 29.7 Å². The molecule has 0 aliphatic carbocycles. The predicted octanol–water partition coefficient (Wildman–Crippen LogP) is 3.45. The number of rotatable bonds is 5. The molecule has 0 radical (unpaired) electrons. The van der Waals surface area contributed by atoms with Crippen LogP contribution in [-0.4, -0.2) is 25.6 Å². The Morgan fingerprint density at radius 2 is 1.96 bits per heavy atom. The van der Waals surface area contributed by atoms with E-state index in [4.69, 9.17) is 4.98 Å². The van der Waals surface area contributed by atoms with Gasteiger partial charge in [-0.1, -0.05) is 24.3 Å². The molecule has 6 heteroatoms. The summed E-state index contributed by atoms with van der Waals surface area (Å²) < 4.78 is 1.87. The molecule has 0 unspecified atom stereocenters. The van der Waals surface area contributed by atoms with Crippen molar-refractivity contribution in [2.24, 2.45) is 0 Å². The quantitative estimate of drug-likeness (QED) is 0.561. The van der Waals surface area contributed by atoms with Crippen molar-refractivity contribution in [3.05, 3.63) is 71.0 Å². The fraction of sp³-hybridized carbons (Fsp3) is 0.227. The summed E-state index contributed by atoms with van der Waals surface area (Å²) in [5.74, 6) is 0.164. The molecule has 4 aromatic rings. The second-order valence-corrected chi connectivity index (χ2v) is 6.96. The number of fused-ring (bicyclic) bond motifs is 3. The van der Waals surface area contributed by atoms with Crippen LogP contribution < -0.4 is 5.32 Å². The molecule has 2 aromatic heterocycles. The van der Waals surface area contributed by atoms with Crippen molar-refractivity contribution in [2.45, 2.75) is 33.2 Å². The molecule has 0 saturated carbocycles. The van der Waals surface area contributed by atoms with E-state index < -0.39 is 0 Å². The molecule has 28 heavy (non-hydrogen) atoms. The zero-order valence-corrected chi connectivity index (χ0v) is 15.9. The van der Waals surface area contributed by atoms with Gasteiger partial charge in [0.25, 0.3) is 0 Å². The number of nitrogens with one attached hydrogen (secondary N) is 1. The number of benzene rings is 2. The molecule has 2 N–H and O–H groups in total. The van der Waals surface area contributed by atoms with Gasteiger partial charge in [-0.3, -0.25) is 4.79 Å². The zero-order chi connectivity index (χ0) is 19.7. The average molecular weight is 374 g/mol. The van der Waals surface area contributed by atoms with Crippen molar-refractivity contribution in [2.75, 3.05) is 0 Å². The largest absolute Gasteiger partial charge is 0.508 e. The molecule has 0 bridgehead atoms. The van der Waals surface area contributed by atoms with E-state index in [-0.39, 0.29) is 11.7 Å². The van der Waals surface area contributed by atoms with E-state index in [1.165, 1.54) is 0 Å². The molecule has 4 rings (SSSR count). The third-order valence-electron chi connectivity index (χ3n) is 5.02. The zero-order valence-electron chi connectivity index (χ0n) is 15.9. The molecule has 1 amide bonds. The summed E-state index contributed by atoms with van der Waals surface area (Å²) in [6, 6.07) is 14.8. The minimum atomic E-state index is -0.0344. The Kier molecular flexibility index (Phi) is 4.69. The molecule has 2 heterocycles. The van der Waals surface area contributed by atoms with E-state index in [0.29, 0.717) is 19.4 Å². The number of phenols is 1. The third kappa shape index (κ3) is 3.41. The minimum absolute atomic E-state index is 0.0344. The van der Waals surface area contributed by atoms with Crippen LogP contribution in [0.1, 0.15) is 28.9 Å². The van der Waals surface area contributed by atoms with Crippen LogP contribution in [0.5, 0.6) is 5.75 Å². The summed E-state index contributed by atoms with van der Waals surface area (Å²) in [6.07, 6.45) is 0.969. The van der Waals surface area contributed by atoms with E-state index in [1.807, 2.05) is 48.7 Å². The predicted molar refractivity (Wildman–Crippen MR) is 108 cm³/mol. The lowest BCUT2D eigenvalue weighted by molar-refractivity contribution is -0.121. The van der Waals surface area contributed by atoms with E-state index in [0.717, 1.165) is 39.1 Å². The van der Waals surface area contributed by atoms with Gasteiger partial charge in [-0.05, 0) is 55.7 Å². The highest BCUT2D eigenvalue weighted by Gasteiger charge is 2.14. The number of carbonyl (C=O) groups is 1. The first-order chi connectivity index (χ1) is 13.5. The molecule has 0 spiro atoms. The fourth-order valence-electron chi connectivity index (χ4n) is 3.53. The smallest absolute Gasteiger partial charge is 0.220 e. The van der Waals surface area contributed by atoms with Crippen LogP contribution in [0, 0.1) is 13.8 Å². The van der Waals surface area contributed by atoms with Crippen LogP contribution in [-0.2, 0) is 17.8 Å². The molecular formula is C22H22N4O2. The lowest BCUT2D eigenvalue weighted by Gasteiger charge is -2.11. The highest BCUT2D eigenvalue weighted by Crippen LogP contribution is 2.23. The number of aromatic hydroxyl groups is 1. The Morgan fingerprint density at radius 1 is 1.14 bits per heavy atom. The number of hydrogen-bond donors (Lipinski definition) is 2. The first-order valence-corrected chi connectivity index (χ1v) is 9.31. The van der Waals surface area contributed by atoms with Crippen molar-refractivity contribution in [3.63, 3.8) is 0 Å². The summed E-state index contributed by atoms with van der Waals surface area (Å²) in [5, 5.41) is 18.1. The summed E-state index contributed by atoms with van der Waals surface area (Å²) in [5.41, 5.74) is 5.62. The Morgan fingerprint density at radius 3 is 2.79 bits per heavy atom. The van der Waals surface area contributed by atoms with Gasteiger partial charge in [-0.25, -0.2) is 9.50 Å². The maximum Gasteiger partial charge on any atom is 0.220 e. The van der Waals surface area contributed by atoms with Crippen LogP contribution in [0.2, 0.25) is 0 Å². The summed E-state index contributed by atoms with van der Waals surface area (Å²) in [7, 11) is 0. The van der Waals surface area contributed by atoms with Gasteiger partial charge < -0.3 is 10.4 Å². The number of amides is 1. The van der Waals surface area contributed by atoms with E-state index in [2.05, 4.69) is 10.4 Å². The first kappa shape index (κ1) is 18.0. The van der Waals surface area contributed by atoms with E-state index in [1.54, 1.807) is 18.2 Å². The Hall–Kier alpha value is -3.41. The van der Waals surface area contributed by atoms with Gasteiger partial charge in [0.05, 0.1) is 5.52 Å². The first-order valence-electron chi connectivity index (χ1n) is 9.31. The van der Waals surface area contributed by atoms with Crippen LogP contribution in [0.3, 0.4) is 0 Å². The number of phenolic OH excluding ortho intramolecular Hbond substituents is 1. The molecule has 0 atom stereocenters. The number of aromatic nitrogens is 3. The molecule has 0 fully saturated rings. The van der Waals surface area contributed by atoms with Crippen molar-refractivity contribution >= 4 is 22.5 Å². The van der Waals surface area contributed by atoms with Crippen LogP contribution in [0.15, 0.2) is 48.5 Å². The normalized spacial score (nSPS) is 11.2. The highest BCUT2D eigenvalue weighted by molar-refractivity contribution is 5.92. The van der Waals surface area contributed by atoms with Crippen molar-refractivity contribution in [1.82, 2.24) is 19.9 Å². The summed E-state index contributed by atoms with van der Waals surface area (Å²) in [4.78, 5) is 17.0. The van der Waals surface area contributed by atoms with Crippen LogP contribution in [0.4, 0.5) is 0 Å². The van der Waals surface area contributed by atoms with Crippen LogP contribution in [0.25, 0.3) is 16.6 Å². The van der Waals surface area contributed by atoms with Gasteiger partial charge in [0.15, 0.2) is 5.65 Å². The lowest BCUT2D eigenvalue weighted by Crippen LogP contribution is -2.23. The Bertz CT molecular complexity index is 1180. The second-order valence-electron chi connectivity index (χ2n) is 6.96. The molecule has 0 aliphatic rings. The summed E-state index contributed by atoms with van der Waals surface area (Å²) in [6.45, 7) is 4.40. The number of carbonyl (C=O) groups excluding carboxylic acids is 1. The topological polar surface area (TPSA) is 79.5 Å². The number of nitrogens with zero attached hydrogens (tertiary/aromatic N) is 3. The van der Waals surface area contributed by atoms with Gasteiger partial charge in [-0.15, -0.1) is 0 Å². The van der Waals surface area contributed by atoms with Gasteiger partial charge in [-0.2, -0.15) is 5.10 Å². The summed E-state index contributed by atoms with van der Waals surface area (Å²) >= 11 is 0. The van der Waals surface area contributed by atoms with Crippen LogP contribution >= 0.6 is 0 Å². The number of aryl methyl sites for hydroxylation is 2. The minimum Gasteiger partial charge on any atom is -0.508 e. The highest BCUT2D eigenvalue weighted by atomic mass is 16.3. The standard InChI is InChI=1S/C22H22N4O2/c1-14-18(10-11-21(28)23-13-16-6-5-7-17(27)12-16)15(2)26-22(24-14)19-8-3-4-9-20(19)25-26/h3-9,12,27H,10-11,13H2,1-2H3,(H,23,28). The second kappa shape index (κ2) is 7.31. The molecule has 6 nitrogen and oxygen atoms in total. The van der Waals surface area contributed by atoms with Gasteiger partial charge in [0.1, 0.15) is 5.75 Å². The van der Waals surface area contributed by atoms with Crippen molar-refractivity contribution in [1.29, 1.82) is 0 Å². The Balaban J connectivity index is 1.50. The van der Waals surface area contributed by atoms with E-state index >= 15 is 0 Å².